The SMILES string of the molecule is COC(=O)CN(Cc1cccc(OCCc2nc(-c3ccccc3)oc2C)c1)C(=O)Cl. The molecular weight excluding hydrogens is 420 g/mol. The molecule has 162 valence electrons. The fourth-order valence-electron chi connectivity index (χ4n) is 2.98. The van der Waals surface area contributed by atoms with Gasteiger partial charge in [-0.25, -0.2) is 4.98 Å². The van der Waals surface area contributed by atoms with Crippen molar-refractivity contribution < 1.29 is 23.5 Å². The summed E-state index contributed by atoms with van der Waals surface area (Å²) in [5.41, 5.74) is 2.54. The van der Waals surface area contributed by atoms with Crippen molar-refractivity contribution in [2.45, 2.75) is 19.9 Å². The van der Waals surface area contributed by atoms with Crippen LogP contribution in [0.5, 0.6) is 5.75 Å². The fourth-order valence-corrected chi connectivity index (χ4v) is 3.10. The number of oxazole rings is 1. The fraction of sp³-hybridized carbons (Fsp3) is 0.261. The van der Waals surface area contributed by atoms with Crippen LogP contribution < -0.4 is 4.74 Å². The number of aromatic nitrogens is 1. The molecule has 7 nitrogen and oxygen atoms in total. The lowest BCUT2D eigenvalue weighted by atomic mass is 10.2. The van der Waals surface area contributed by atoms with E-state index in [9.17, 15) is 9.59 Å². The van der Waals surface area contributed by atoms with Crippen LogP contribution in [-0.4, -0.2) is 41.5 Å². The molecule has 3 aromatic rings. The van der Waals surface area contributed by atoms with E-state index in [2.05, 4.69) is 9.72 Å². The van der Waals surface area contributed by atoms with Crippen molar-refractivity contribution in [3.05, 3.63) is 71.6 Å². The highest BCUT2D eigenvalue weighted by molar-refractivity contribution is 6.62. The summed E-state index contributed by atoms with van der Waals surface area (Å²) in [4.78, 5) is 28.8. The number of nitrogens with zero attached hydrogens (tertiary/aromatic N) is 2. The average Bonchev–Trinajstić information content (AvgIpc) is 3.14. The van der Waals surface area contributed by atoms with Gasteiger partial charge in [0.1, 0.15) is 18.1 Å². The summed E-state index contributed by atoms with van der Waals surface area (Å²) in [6.07, 6.45) is 0.584. The Bertz CT molecular complexity index is 1040. The van der Waals surface area contributed by atoms with E-state index >= 15 is 0 Å². The van der Waals surface area contributed by atoms with Gasteiger partial charge in [-0.2, -0.15) is 0 Å². The number of rotatable bonds is 9. The molecule has 0 N–H and O–H groups in total. The zero-order chi connectivity index (χ0) is 22.2. The van der Waals surface area contributed by atoms with E-state index in [1.807, 2.05) is 55.5 Å². The lowest BCUT2D eigenvalue weighted by Crippen LogP contribution is -2.32. The van der Waals surface area contributed by atoms with Gasteiger partial charge >= 0.3 is 11.3 Å². The van der Waals surface area contributed by atoms with Crippen molar-refractivity contribution in [1.82, 2.24) is 9.88 Å². The highest BCUT2D eigenvalue weighted by atomic mass is 35.5. The Hall–Kier alpha value is -3.32. The Labute approximate surface area is 185 Å². The summed E-state index contributed by atoms with van der Waals surface area (Å²) < 4.78 is 16.2. The topological polar surface area (TPSA) is 81.9 Å². The van der Waals surface area contributed by atoms with Crippen molar-refractivity contribution >= 4 is 22.9 Å². The minimum Gasteiger partial charge on any atom is -0.493 e. The summed E-state index contributed by atoms with van der Waals surface area (Å²) in [6, 6.07) is 17.0. The van der Waals surface area contributed by atoms with Crippen molar-refractivity contribution in [3.63, 3.8) is 0 Å². The van der Waals surface area contributed by atoms with Crippen LogP contribution >= 0.6 is 11.6 Å². The molecule has 0 saturated heterocycles. The smallest absolute Gasteiger partial charge is 0.325 e. The van der Waals surface area contributed by atoms with E-state index < -0.39 is 11.3 Å². The van der Waals surface area contributed by atoms with Crippen LogP contribution in [-0.2, 0) is 22.5 Å². The second kappa shape index (κ2) is 10.6. The maximum absolute atomic E-state index is 11.6. The maximum Gasteiger partial charge on any atom is 0.325 e. The minimum atomic E-state index is -0.729. The number of amides is 1. The predicted octanol–water partition coefficient (Wildman–Crippen LogP) is 4.61. The Morgan fingerprint density at radius 3 is 2.61 bits per heavy atom. The first-order valence-electron chi connectivity index (χ1n) is 9.71. The molecule has 31 heavy (non-hydrogen) atoms. The molecular formula is C23H23ClN2O5. The number of methoxy groups -OCH3 is 1. The molecule has 1 amide bonds. The van der Waals surface area contributed by atoms with Crippen molar-refractivity contribution in [1.29, 1.82) is 0 Å². The molecule has 0 aliphatic rings. The minimum absolute atomic E-state index is 0.164. The van der Waals surface area contributed by atoms with Gasteiger partial charge in [-0.05, 0) is 48.4 Å². The number of benzene rings is 2. The Morgan fingerprint density at radius 2 is 1.90 bits per heavy atom. The van der Waals surface area contributed by atoms with Crippen LogP contribution in [0.4, 0.5) is 4.79 Å². The number of ether oxygens (including phenoxy) is 2. The number of halogens is 1. The first kappa shape index (κ1) is 22.4. The monoisotopic (exact) mass is 442 g/mol. The van der Waals surface area contributed by atoms with Gasteiger partial charge in [0.2, 0.25) is 5.89 Å². The number of carbonyl (C=O) groups is 2. The molecule has 1 heterocycles. The van der Waals surface area contributed by atoms with E-state index in [4.69, 9.17) is 20.8 Å². The van der Waals surface area contributed by atoms with Crippen LogP contribution in [0.3, 0.4) is 0 Å². The third-order valence-corrected chi connectivity index (χ3v) is 4.83. The molecule has 1 aromatic heterocycles. The zero-order valence-electron chi connectivity index (χ0n) is 17.3. The number of hydrogen-bond acceptors (Lipinski definition) is 6. The molecule has 0 aliphatic heterocycles. The normalized spacial score (nSPS) is 10.5. The molecule has 3 rings (SSSR count). The highest BCUT2D eigenvalue weighted by Gasteiger charge is 2.16. The van der Waals surface area contributed by atoms with Crippen LogP contribution in [0.1, 0.15) is 17.0 Å². The van der Waals surface area contributed by atoms with E-state index in [1.165, 1.54) is 12.0 Å². The second-order valence-corrected chi connectivity index (χ2v) is 7.14. The highest BCUT2D eigenvalue weighted by Crippen LogP contribution is 2.22. The van der Waals surface area contributed by atoms with E-state index in [1.54, 1.807) is 6.07 Å². The van der Waals surface area contributed by atoms with Gasteiger partial charge in [-0.15, -0.1) is 0 Å². The molecule has 2 aromatic carbocycles. The number of aryl methyl sites for hydroxylation is 1. The summed E-state index contributed by atoms with van der Waals surface area (Å²) in [7, 11) is 1.26. The molecule has 0 radical (unpaired) electrons. The van der Waals surface area contributed by atoms with Crippen molar-refractivity contribution in [2.24, 2.45) is 0 Å². The molecule has 0 bridgehead atoms. The molecule has 0 aliphatic carbocycles. The molecule has 0 saturated carbocycles. The van der Waals surface area contributed by atoms with Gasteiger partial charge in [0.05, 0.1) is 19.4 Å². The van der Waals surface area contributed by atoms with E-state index in [-0.39, 0.29) is 13.1 Å². The summed E-state index contributed by atoms with van der Waals surface area (Å²) in [6.45, 7) is 2.23. The van der Waals surface area contributed by atoms with Gasteiger partial charge < -0.3 is 18.8 Å². The predicted molar refractivity (Wildman–Crippen MR) is 116 cm³/mol. The molecule has 0 unspecified atom stereocenters. The van der Waals surface area contributed by atoms with Gasteiger partial charge in [0, 0.05) is 18.5 Å². The van der Waals surface area contributed by atoms with Crippen molar-refractivity contribution in [2.75, 3.05) is 20.3 Å². The molecule has 0 atom stereocenters. The number of carbonyl (C=O) groups excluding carboxylic acids is 2. The van der Waals surface area contributed by atoms with Crippen LogP contribution in [0.25, 0.3) is 11.5 Å². The number of esters is 1. The van der Waals surface area contributed by atoms with Crippen LogP contribution in [0.2, 0.25) is 0 Å². The Balaban J connectivity index is 1.59. The first-order chi connectivity index (χ1) is 15.0. The lowest BCUT2D eigenvalue weighted by Gasteiger charge is -2.18. The quantitative estimate of drug-likeness (QED) is 0.273. The third kappa shape index (κ3) is 6.33. The largest absolute Gasteiger partial charge is 0.493 e. The van der Waals surface area contributed by atoms with Gasteiger partial charge in [0.25, 0.3) is 0 Å². The lowest BCUT2D eigenvalue weighted by molar-refractivity contribution is -0.141. The summed E-state index contributed by atoms with van der Waals surface area (Å²) >= 11 is 5.58. The summed E-state index contributed by atoms with van der Waals surface area (Å²) in [5.74, 6) is 1.45. The molecule has 0 fully saturated rings. The van der Waals surface area contributed by atoms with Crippen molar-refractivity contribution in [3.8, 4) is 17.2 Å². The standard InChI is InChI=1S/C23H23ClN2O5/c1-16-20(25-22(31-16)18-8-4-3-5-9-18)11-12-30-19-10-6-7-17(13-19)14-26(23(24)28)15-21(27)29-2/h3-10,13H,11-12,14-15H2,1-2H3. The first-order valence-corrected chi connectivity index (χ1v) is 10.1. The second-order valence-electron chi connectivity index (χ2n) is 6.82. The number of hydrogen-bond donors (Lipinski definition) is 0. The van der Waals surface area contributed by atoms with Gasteiger partial charge in [0.15, 0.2) is 0 Å². The third-order valence-electron chi connectivity index (χ3n) is 4.59. The van der Waals surface area contributed by atoms with E-state index in [0.29, 0.717) is 24.7 Å². The Morgan fingerprint density at radius 1 is 1.13 bits per heavy atom. The molecule has 8 heteroatoms. The average molecular weight is 443 g/mol. The van der Waals surface area contributed by atoms with E-state index in [0.717, 1.165) is 22.6 Å². The molecule has 0 spiro atoms. The van der Waals surface area contributed by atoms with Gasteiger partial charge in [-0.1, -0.05) is 30.3 Å². The van der Waals surface area contributed by atoms with Crippen LogP contribution in [0.15, 0.2) is 59.0 Å². The zero-order valence-corrected chi connectivity index (χ0v) is 18.1. The van der Waals surface area contributed by atoms with Crippen LogP contribution in [0, 0.1) is 6.92 Å². The van der Waals surface area contributed by atoms with Gasteiger partial charge in [-0.3, -0.25) is 9.59 Å². The summed E-state index contributed by atoms with van der Waals surface area (Å²) in [5, 5.41) is -0.729. The Kier molecular flexibility index (Phi) is 7.67. The maximum atomic E-state index is 11.6.